The predicted molar refractivity (Wildman–Crippen MR) is 106 cm³/mol. The summed E-state index contributed by atoms with van der Waals surface area (Å²) in [6.45, 7) is 0.433. The molecule has 1 atom stereocenters. The van der Waals surface area contributed by atoms with Gasteiger partial charge in [0.05, 0.1) is 25.6 Å². The maximum Gasteiger partial charge on any atom is 0.340 e. The Morgan fingerprint density at radius 1 is 1.30 bits per heavy atom. The van der Waals surface area contributed by atoms with Gasteiger partial charge in [0, 0.05) is 35.6 Å². The summed E-state index contributed by atoms with van der Waals surface area (Å²) in [6.07, 6.45) is -1.90. The van der Waals surface area contributed by atoms with Crippen LogP contribution in [-0.2, 0) is 17.9 Å². The average Bonchev–Trinajstić information content (AvgIpc) is 3.25. The summed E-state index contributed by atoms with van der Waals surface area (Å²) in [5, 5.41) is 9.77. The van der Waals surface area contributed by atoms with Crippen LogP contribution in [0.4, 0.5) is 23.4 Å². The minimum atomic E-state index is -4.29. The molecule has 0 saturated carbocycles. The van der Waals surface area contributed by atoms with Crippen molar-refractivity contribution in [2.24, 2.45) is 0 Å². The molecule has 2 aliphatic heterocycles. The molecule has 0 bridgehead atoms. The van der Waals surface area contributed by atoms with E-state index < -0.39 is 25.1 Å². The Morgan fingerprint density at radius 3 is 2.70 bits per heavy atom. The van der Waals surface area contributed by atoms with E-state index >= 15 is 0 Å². The van der Waals surface area contributed by atoms with Crippen LogP contribution in [-0.4, -0.2) is 63.4 Å². The average molecular weight is 468 g/mol. The highest BCUT2D eigenvalue weighted by Gasteiger charge is 2.42. The van der Waals surface area contributed by atoms with Crippen molar-refractivity contribution in [1.82, 2.24) is 14.9 Å². The third kappa shape index (κ3) is 4.47. The van der Waals surface area contributed by atoms with Crippen molar-refractivity contribution in [3.8, 4) is 5.88 Å². The Hall–Kier alpha value is -3.28. The number of aliphatic hydroxyl groups excluding tert-OH is 1. The lowest BCUT2D eigenvalue weighted by Gasteiger charge is -2.19. The minimum Gasteiger partial charge on any atom is -0.471 e. The number of rotatable bonds is 7. The zero-order valence-electron chi connectivity index (χ0n) is 17.5. The Kier molecular flexibility index (Phi) is 5.95. The van der Waals surface area contributed by atoms with Crippen LogP contribution in [0.2, 0.25) is 0 Å². The highest BCUT2D eigenvalue weighted by molar-refractivity contribution is 6.02. The summed E-state index contributed by atoms with van der Waals surface area (Å²) < 4.78 is 55.5. The van der Waals surface area contributed by atoms with Crippen molar-refractivity contribution in [2.75, 3.05) is 18.1 Å². The lowest BCUT2D eigenvalue weighted by Crippen LogP contribution is -2.34. The molecule has 4 rings (SSSR count). The Bertz CT molecular complexity index is 1100. The summed E-state index contributed by atoms with van der Waals surface area (Å²) in [4.78, 5) is 36.1. The van der Waals surface area contributed by atoms with Crippen molar-refractivity contribution in [3.05, 3.63) is 46.8 Å². The number of amides is 2. The molecule has 1 saturated heterocycles. The fourth-order valence-electron chi connectivity index (χ4n) is 3.83. The van der Waals surface area contributed by atoms with Gasteiger partial charge in [-0.05, 0) is 24.6 Å². The number of anilines is 1. The second-order valence-corrected chi connectivity index (χ2v) is 8.00. The third-order valence-electron chi connectivity index (χ3n) is 5.44. The second-order valence-electron chi connectivity index (χ2n) is 8.00. The van der Waals surface area contributed by atoms with E-state index in [1.807, 2.05) is 0 Å². The SMILES string of the molecule is Cc1cc(CN2Cc3c(ccnc3N3CC(O)CC3=O)C2=O)cnc1OCC(F)(F)C(F)F. The molecule has 33 heavy (non-hydrogen) atoms. The van der Waals surface area contributed by atoms with E-state index in [0.29, 0.717) is 28.1 Å². The number of β-amino-alcohol motifs (C(OH)–C–C–N with tert-alkyl or cyclic N) is 1. The zero-order chi connectivity index (χ0) is 23.9. The highest BCUT2D eigenvalue weighted by atomic mass is 19.3. The normalized spacial score (nSPS) is 18.5. The highest BCUT2D eigenvalue weighted by Crippen LogP contribution is 2.33. The number of hydrogen-bond donors (Lipinski definition) is 1. The first-order chi connectivity index (χ1) is 15.6. The molecule has 2 aromatic rings. The van der Waals surface area contributed by atoms with Gasteiger partial charge in [0.1, 0.15) is 5.82 Å². The van der Waals surface area contributed by atoms with Crippen molar-refractivity contribution >= 4 is 17.6 Å². The molecule has 4 heterocycles. The molecular weight excluding hydrogens is 448 g/mol. The van der Waals surface area contributed by atoms with Crippen LogP contribution in [0.1, 0.15) is 33.5 Å². The molecule has 2 amide bonds. The quantitative estimate of drug-likeness (QED) is 0.627. The fraction of sp³-hybridized carbons (Fsp3) is 0.429. The van der Waals surface area contributed by atoms with Crippen LogP contribution in [0.15, 0.2) is 24.5 Å². The summed E-state index contributed by atoms with van der Waals surface area (Å²) in [6, 6.07) is 3.13. The number of fused-ring (bicyclic) bond motifs is 1. The lowest BCUT2D eigenvalue weighted by atomic mass is 10.1. The minimum absolute atomic E-state index is 0.00831. The van der Waals surface area contributed by atoms with Gasteiger partial charge in [-0.25, -0.2) is 18.7 Å². The van der Waals surface area contributed by atoms with Crippen LogP contribution >= 0.6 is 0 Å². The number of aromatic nitrogens is 2. The number of aryl methyl sites for hydroxylation is 1. The van der Waals surface area contributed by atoms with Crippen LogP contribution in [0.5, 0.6) is 5.88 Å². The van der Waals surface area contributed by atoms with Crippen LogP contribution < -0.4 is 9.64 Å². The van der Waals surface area contributed by atoms with E-state index in [1.54, 1.807) is 12.1 Å². The number of ether oxygens (including phenoxy) is 1. The standard InChI is InChI=1S/C21H20F4N4O4/c1-11-4-12(6-27-18(11)33-10-21(24,25)20(22)23)7-28-9-15-14(19(28)32)2-3-26-17(15)29-8-13(30)5-16(29)31/h2-4,6,13,20,30H,5,7-10H2,1H3. The zero-order valence-corrected chi connectivity index (χ0v) is 17.5. The van der Waals surface area contributed by atoms with Gasteiger partial charge in [-0.1, -0.05) is 0 Å². The molecular formula is C21H20F4N4O4. The van der Waals surface area contributed by atoms with Gasteiger partial charge >= 0.3 is 12.3 Å². The first-order valence-electron chi connectivity index (χ1n) is 10.1. The molecule has 1 fully saturated rings. The number of pyridine rings is 2. The van der Waals surface area contributed by atoms with E-state index in [9.17, 15) is 32.3 Å². The molecule has 0 aliphatic carbocycles. The van der Waals surface area contributed by atoms with Crippen LogP contribution in [0.25, 0.3) is 0 Å². The molecule has 0 spiro atoms. The molecule has 1 N–H and O–H groups in total. The lowest BCUT2D eigenvalue weighted by molar-refractivity contribution is -0.148. The summed E-state index contributed by atoms with van der Waals surface area (Å²) in [5.74, 6) is -4.72. The van der Waals surface area contributed by atoms with Gasteiger partial charge < -0.3 is 14.7 Å². The Morgan fingerprint density at radius 2 is 2.06 bits per heavy atom. The van der Waals surface area contributed by atoms with E-state index in [0.717, 1.165) is 0 Å². The van der Waals surface area contributed by atoms with E-state index in [-0.39, 0.29) is 43.7 Å². The van der Waals surface area contributed by atoms with Gasteiger partial charge in [-0.3, -0.25) is 14.5 Å². The van der Waals surface area contributed by atoms with Gasteiger partial charge in [0.25, 0.3) is 5.91 Å². The maximum absolute atomic E-state index is 13.1. The van der Waals surface area contributed by atoms with E-state index in [4.69, 9.17) is 4.74 Å². The number of alkyl halides is 4. The monoisotopic (exact) mass is 468 g/mol. The van der Waals surface area contributed by atoms with Gasteiger partial charge in [0.15, 0.2) is 6.61 Å². The molecule has 0 radical (unpaired) electrons. The molecule has 2 aliphatic rings. The van der Waals surface area contributed by atoms with Gasteiger partial charge in [0.2, 0.25) is 11.8 Å². The Labute approximate surface area is 185 Å². The number of hydrogen-bond acceptors (Lipinski definition) is 6. The molecule has 2 aromatic heterocycles. The molecule has 1 unspecified atom stereocenters. The number of carbonyl (C=O) groups is 2. The van der Waals surface area contributed by atoms with Crippen LogP contribution in [0, 0.1) is 6.92 Å². The van der Waals surface area contributed by atoms with Crippen molar-refractivity contribution in [3.63, 3.8) is 0 Å². The van der Waals surface area contributed by atoms with E-state index in [2.05, 4.69) is 9.97 Å². The number of aliphatic hydroxyl groups is 1. The topological polar surface area (TPSA) is 95.9 Å². The van der Waals surface area contributed by atoms with Gasteiger partial charge in [-0.2, -0.15) is 8.78 Å². The second kappa shape index (κ2) is 8.58. The maximum atomic E-state index is 13.1. The third-order valence-corrected chi connectivity index (χ3v) is 5.44. The first kappa shape index (κ1) is 22.9. The first-order valence-corrected chi connectivity index (χ1v) is 10.1. The summed E-state index contributed by atoms with van der Waals surface area (Å²) in [5.41, 5.74) is 1.89. The predicted octanol–water partition coefficient (Wildman–Crippen LogP) is 2.32. The molecule has 12 heteroatoms. The number of carbonyl (C=O) groups excluding carboxylic acids is 2. The molecule has 8 nitrogen and oxygen atoms in total. The number of nitrogens with zero attached hydrogens (tertiary/aromatic N) is 4. The molecule has 176 valence electrons. The summed E-state index contributed by atoms with van der Waals surface area (Å²) >= 11 is 0. The van der Waals surface area contributed by atoms with Gasteiger partial charge in [-0.15, -0.1) is 0 Å². The van der Waals surface area contributed by atoms with Crippen LogP contribution in [0.3, 0.4) is 0 Å². The largest absolute Gasteiger partial charge is 0.471 e. The summed E-state index contributed by atoms with van der Waals surface area (Å²) in [7, 11) is 0. The van der Waals surface area contributed by atoms with Crippen molar-refractivity contribution in [2.45, 2.75) is 44.9 Å². The molecule has 0 aromatic carbocycles. The smallest absolute Gasteiger partial charge is 0.340 e. The van der Waals surface area contributed by atoms with Crippen molar-refractivity contribution in [1.29, 1.82) is 0 Å². The van der Waals surface area contributed by atoms with Crippen molar-refractivity contribution < 1.29 is 37.0 Å². The fourth-order valence-corrected chi connectivity index (χ4v) is 3.83. The Balaban J connectivity index is 1.48. The number of halogens is 4. The van der Waals surface area contributed by atoms with E-state index in [1.165, 1.54) is 29.1 Å².